The summed E-state index contributed by atoms with van der Waals surface area (Å²) < 4.78 is 5.27. The van der Waals surface area contributed by atoms with Crippen molar-refractivity contribution in [2.75, 3.05) is 33.8 Å². The maximum atomic E-state index is 9.43. The van der Waals surface area contributed by atoms with Crippen molar-refractivity contribution in [3.63, 3.8) is 0 Å². The Morgan fingerprint density at radius 3 is 2.47 bits per heavy atom. The molecule has 4 heteroatoms. The van der Waals surface area contributed by atoms with Gasteiger partial charge in [-0.3, -0.25) is 4.90 Å². The van der Waals surface area contributed by atoms with Crippen LogP contribution in [0.25, 0.3) is 0 Å². The van der Waals surface area contributed by atoms with Crippen LogP contribution in [0.15, 0.2) is 54.6 Å². The van der Waals surface area contributed by atoms with Crippen LogP contribution in [0.5, 0.6) is 5.75 Å². The molecule has 0 radical (unpaired) electrons. The lowest BCUT2D eigenvalue weighted by Gasteiger charge is -2.50. The Morgan fingerprint density at radius 2 is 1.83 bits per heavy atom. The zero-order chi connectivity index (χ0) is 21.6. The van der Waals surface area contributed by atoms with Crippen molar-refractivity contribution in [3.8, 4) is 11.8 Å². The molecular weight excluding hydrogens is 370 g/mol. The molecule has 3 atom stereocenters. The predicted molar refractivity (Wildman–Crippen MR) is 122 cm³/mol. The molecule has 0 amide bonds. The molecule has 1 saturated heterocycles. The molecule has 0 saturated carbocycles. The number of ether oxygens (including phenoxy) is 1. The van der Waals surface area contributed by atoms with E-state index in [4.69, 9.17) is 4.74 Å². The van der Waals surface area contributed by atoms with E-state index < -0.39 is 0 Å². The zero-order valence-electron chi connectivity index (χ0n) is 18.8. The number of nitriles is 1. The fourth-order valence-electron chi connectivity index (χ4n) is 5.00. The van der Waals surface area contributed by atoms with Gasteiger partial charge >= 0.3 is 0 Å². The van der Waals surface area contributed by atoms with Crippen molar-refractivity contribution >= 4 is 0 Å². The molecule has 1 aliphatic rings. The van der Waals surface area contributed by atoms with Crippen LogP contribution in [0, 0.1) is 17.2 Å². The molecule has 0 N–H and O–H groups in total. The lowest BCUT2D eigenvalue weighted by atomic mass is 9.63. The van der Waals surface area contributed by atoms with E-state index in [1.54, 1.807) is 7.11 Å². The van der Waals surface area contributed by atoms with Gasteiger partial charge in [0.1, 0.15) is 5.75 Å². The molecule has 160 valence electrons. The third-order valence-corrected chi connectivity index (χ3v) is 7.00. The lowest BCUT2D eigenvalue weighted by Crippen LogP contribution is -2.52. The number of nitrogens with zero attached hydrogens (tertiary/aromatic N) is 3. The molecule has 3 rings (SSSR count). The van der Waals surface area contributed by atoms with Gasteiger partial charge in [0, 0.05) is 31.1 Å². The van der Waals surface area contributed by atoms with E-state index in [9.17, 15) is 5.26 Å². The highest BCUT2D eigenvalue weighted by atomic mass is 16.5. The number of hydrogen-bond acceptors (Lipinski definition) is 4. The normalized spacial score (nSPS) is 24.5. The Labute approximate surface area is 182 Å². The molecule has 2 aromatic carbocycles. The van der Waals surface area contributed by atoms with Gasteiger partial charge in [-0.15, -0.1) is 0 Å². The highest BCUT2D eigenvalue weighted by Crippen LogP contribution is 2.44. The predicted octanol–water partition coefficient (Wildman–Crippen LogP) is 4.71. The van der Waals surface area contributed by atoms with Crippen LogP contribution in [0.4, 0.5) is 0 Å². The van der Waals surface area contributed by atoms with Gasteiger partial charge in [-0.2, -0.15) is 5.26 Å². The maximum absolute atomic E-state index is 9.43. The van der Waals surface area contributed by atoms with Gasteiger partial charge in [-0.25, -0.2) is 0 Å². The van der Waals surface area contributed by atoms with Gasteiger partial charge in [0.2, 0.25) is 0 Å². The second kappa shape index (κ2) is 10.1. The number of benzene rings is 2. The molecule has 0 unspecified atom stereocenters. The van der Waals surface area contributed by atoms with Gasteiger partial charge in [-0.1, -0.05) is 49.4 Å². The van der Waals surface area contributed by atoms with Gasteiger partial charge < -0.3 is 9.64 Å². The Bertz CT molecular complexity index is 830. The molecule has 1 aliphatic heterocycles. The molecule has 0 aliphatic carbocycles. The van der Waals surface area contributed by atoms with E-state index in [1.165, 1.54) is 11.1 Å². The van der Waals surface area contributed by atoms with Crippen molar-refractivity contribution in [3.05, 3.63) is 65.7 Å². The van der Waals surface area contributed by atoms with E-state index in [1.807, 2.05) is 12.1 Å². The minimum Gasteiger partial charge on any atom is -0.497 e. The van der Waals surface area contributed by atoms with Crippen LogP contribution in [0.2, 0.25) is 0 Å². The van der Waals surface area contributed by atoms with E-state index in [2.05, 4.69) is 79.2 Å². The Hall–Kier alpha value is -2.35. The van der Waals surface area contributed by atoms with Crippen molar-refractivity contribution < 1.29 is 4.74 Å². The maximum Gasteiger partial charge on any atom is 0.118 e. The Kier molecular flexibility index (Phi) is 7.53. The number of rotatable bonds is 8. The molecule has 1 fully saturated rings. The third-order valence-electron chi connectivity index (χ3n) is 7.00. The van der Waals surface area contributed by atoms with Gasteiger partial charge in [0.15, 0.2) is 0 Å². The monoisotopic (exact) mass is 405 g/mol. The average molecular weight is 406 g/mol. The summed E-state index contributed by atoms with van der Waals surface area (Å²) >= 11 is 0. The quantitative estimate of drug-likeness (QED) is 0.596. The van der Waals surface area contributed by atoms with E-state index >= 15 is 0 Å². The van der Waals surface area contributed by atoms with Crippen molar-refractivity contribution in [1.82, 2.24) is 9.80 Å². The molecule has 4 nitrogen and oxygen atoms in total. The summed E-state index contributed by atoms with van der Waals surface area (Å²) in [5.74, 6) is 1.42. The van der Waals surface area contributed by atoms with Crippen LogP contribution in [0.1, 0.15) is 37.8 Å². The SMILES string of the molecule is COc1ccc(CN(CC#N)CC[C@@]2(c3ccccc3)C[C@@H](C)N(C)C[C@H]2C)cc1. The van der Waals surface area contributed by atoms with Crippen LogP contribution in [-0.4, -0.2) is 49.6 Å². The van der Waals surface area contributed by atoms with Crippen LogP contribution < -0.4 is 4.74 Å². The first-order valence-corrected chi connectivity index (χ1v) is 11.0. The molecule has 2 aromatic rings. The standard InChI is InChI=1S/C26H35N3O/c1-21-19-28(3)22(2)18-26(21,24-8-6-5-7-9-24)14-16-29(17-15-27)20-23-10-12-25(30-4)13-11-23/h5-13,21-22H,14,16-20H2,1-4H3/t21-,22-,26-/m1/s1. The van der Waals surface area contributed by atoms with Gasteiger partial charge in [0.05, 0.1) is 19.7 Å². The fraction of sp³-hybridized carbons (Fsp3) is 0.500. The van der Waals surface area contributed by atoms with Crippen molar-refractivity contribution in [2.45, 2.75) is 44.7 Å². The molecule has 30 heavy (non-hydrogen) atoms. The summed E-state index contributed by atoms with van der Waals surface area (Å²) in [6.07, 6.45) is 2.21. The summed E-state index contributed by atoms with van der Waals surface area (Å²) in [6, 6.07) is 22.1. The Morgan fingerprint density at radius 1 is 1.13 bits per heavy atom. The lowest BCUT2D eigenvalue weighted by molar-refractivity contribution is 0.0612. The fourth-order valence-corrected chi connectivity index (χ4v) is 5.00. The number of methoxy groups -OCH3 is 1. The summed E-state index contributed by atoms with van der Waals surface area (Å²) in [5, 5.41) is 9.43. The number of piperidine rings is 1. The molecule has 0 aromatic heterocycles. The summed E-state index contributed by atoms with van der Waals surface area (Å²) in [6.45, 7) is 7.98. The van der Waals surface area contributed by atoms with Gasteiger partial charge in [0.25, 0.3) is 0 Å². The zero-order valence-corrected chi connectivity index (χ0v) is 18.8. The number of hydrogen-bond donors (Lipinski definition) is 0. The first kappa shape index (κ1) is 22.3. The topological polar surface area (TPSA) is 39.5 Å². The summed E-state index contributed by atoms with van der Waals surface area (Å²) in [4.78, 5) is 4.76. The second-order valence-electron chi connectivity index (χ2n) is 8.88. The van der Waals surface area contributed by atoms with E-state index in [0.29, 0.717) is 18.5 Å². The highest BCUT2D eigenvalue weighted by molar-refractivity contribution is 5.29. The second-order valence-corrected chi connectivity index (χ2v) is 8.88. The van der Waals surface area contributed by atoms with Crippen LogP contribution in [0.3, 0.4) is 0 Å². The minimum absolute atomic E-state index is 0.140. The van der Waals surface area contributed by atoms with Crippen LogP contribution in [-0.2, 0) is 12.0 Å². The largest absolute Gasteiger partial charge is 0.497 e. The molecule has 0 spiro atoms. The molecule has 0 bridgehead atoms. The highest BCUT2D eigenvalue weighted by Gasteiger charge is 2.43. The first-order valence-electron chi connectivity index (χ1n) is 11.0. The first-order chi connectivity index (χ1) is 14.5. The molecule has 1 heterocycles. The summed E-state index contributed by atoms with van der Waals surface area (Å²) in [7, 11) is 3.92. The van der Waals surface area contributed by atoms with Crippen molar-refractivity contribution in [2.24, 2.45) is 5.92 Å². The van der Waals surface area contributed by atoms with E-state index in [-0.39, 0.29) is 5.41 Å². The van der Waals surface area contributed by atoms with Gasteiger partial charge in [-0.05, 0) is 56.0 Å². The van der Waals surface area contributed by atoms with Crippen molar-refractivity contribution in [1.29, 1.82) is 5.26 Å². The van der Waals surface area contributed by atoms with E-state index in [0.717, 1.165) is 38.2 Å². The van der Waals surface area contributed by atoms with Crippen LogP contribution >= 0.6 is 0 Å². The molecular formula is C26H35N3O. The average Bonchev–Trinajstić information content (AvgIpc) is 2.76. The smallest absolute Gasteiger partial charge is 0.118 e. The Balaban J connectivity index is 1.79. The number of likely N-dealkylation sites (tertiary alicyclic amines) is 1. The summed E-state index contributed by atoms with van der Waals surface area (Å²) in [5.41, 5.74) is 2.80. The third kappa shape index (κ3) is 5.03. The minimum atomic E-state index is 0.140.